The molecule has 0 atom stereocenters. The number of carbonyl (C=O) groups is 1. The molecule has 0 radical (unpaired) electrons. The molecule has 0 unspecified atom stereocenters. The van der Waals surface area contributed by atoms with Crippen molar-refractivity contribution < 1.29 is 4.79 Å². The lowest BCUT2D eigenvalue weighted by molar-refractivity contribution is 0.0958. The Hall–Kier alpha value is -2.44. The number of hydrogen-bond acceptors (Lipinski definition) is 5. The Morgan fingerprint density at radius 2 is 2.32 bits per heavy atom. The zero-order valence-corrected chi connectivity index (χ0v) is 10.7. The second-order valence-electron chi connectivity index (χ2n) is 3.97. The van der Waals surface area contributed by atoms with Crippen LogP contribution in [0, 0.1) is 0 Å². The Kier molecular flexibility index (Phi) is 4.44. The van der Waals surface area contributed by atoms with E-state index in [0.717, 1.165) is 30.9 Å². The summed E-state index contributed by atoms with van der Waals surface area (Å²) in [6.07, 6.45) is 4.87. The molecule has 0 saturated heterocycles. The molecule has 2 rings (SSSR count). The molecular weight excluding hydrogens is 244 g/mol. The maximum atomic E-state index is 11.4. The highest BCUT2D eigenvalue weighted by Crippen LogP contribution is 2.08. The van der Waals surface area contributed by atoms with Gasteiger partial charge in [-0.1, -0.05) is 0 Å². The molecule has 0 bridgehead atoms. The summed E-state index contributed by atoms with van der Waals surface area (Å²) in [5, 5.41) is 12.4. The quantitative estimate of drug-likeness (QED) is 0.661. The number of H-pyrrole nitrogens is 1. The van der Waals surface area contributed by atoms with Crippen molar-refractivity contribution in [2.24, 2.45) is 0 Å². The van der Waals surface area contributed by atoms with Crippen LogP contribution in [0.2, 0.25) is 0 Å². The molecule has 2 heterocycles. The fraction of sp³-hybridized carbons (Fsp3) is 0.333. The first-order chi connectivity index (χ1) is 9.29. The van der Waals surface area contributed by atoms with Crippen LogP contribution in [0.4, 0.5) is 5.69 Å². The van der Waals surface area contributed by atoms with Crippen LogP contribution in [0.5, 0.6) is 0 Å². The molecule has 19 heavy (non-hydrogen) atoms. The first kappa shape index (κ1) is 13.0. The van der Waals surface area contributed by atoms with Crippen LogP contribution in [-0.2, 0) is 6.42 Å². The highest BCUT2D eigenvalue weighted by Gasteiger charge is 2.04. The van der Waals surface area contributed by atoms with Gasteiger partial charge in [0.2, 0.25) is 0 Å². The number of amides is 1. The minimum atomic E-state index is -0.190. The summed E-state index contributed by atoms with van der Waals surface area (Å²) in [5.74, 6) is 0.688. The van der Waals surface area contributed by atoms with E-state index in [0.29, 0.717) is 5.69 Å². The van der Waals surface area contributed by atoms with E-state index in [4.69, 9.17) is 0 Å². The van der Waals surface area contributed by atoms with Crippen LogP contribution >= 0.6 is 0 Å². The third-order valence-electron chi connectivity index (χ3n) is 2.60. The van der Waals surface area contributed by atoms with Crippen molar-refractivity contribution in [3.63, 3.8) is 0 Å². The number of aromatic amines is 1. The van der Waals surface area contributed by atoms with Gasteiger partial charge in [0.1, 0.15) is 17.8 Å². The second kappa shape index (κ2) is 6.48. The molecular formula is C12H16N6O. The van der Waals surface area contributed by atoms with Gasteiger partial charge in [0.25, 0.3) is 5.91 Å². The Balaban J connectivity index is 1.81. The van der Waals surface area contributed by atoms with Crippen LogP contribution < -0.4 is 10.6 Å². The van der Waals surface area contributed by atoms with Crippen LogP contribution in [-0.4, -0.2) is 39.7 Å². The van der Waals surface area contributed by atoms with Gasteiger partial charge in [-0.05, 0) is 18.6 Å². The van der Waals surface area contributed by atoms with Crippen LogP contribution in [0.25, 0.3) is 0 Å². The molecule has 2 aromatic rings. The van der Waals surface area contributed by atoms with E-state index in [1.54, 1.807) is 19.3 Å². The molecule has 0 spiro atoms. The predicted molar refractivity (Wildman–Crippen MR) is 70.8 cm³/mol. The van der Waals surface area contributed by atoms with E-state index < -0.39 is 0 Å². The fourth-order valence-electron chi connectivity index (χ4n) is 1.63. The maximum Gasteiger partial charge on any atom is 0.269 e. The normalized spacial score (nSPS) is 10.2. The Morgan fingerprint density at radius 3 is 3.05 bits per heavy atom. The van der Waals surface area contributed by atoms with E-state index in [-0.39, 0.29) is 5.91 Å². The van der Waals surface area contributed by atoms with Crippen LogP contribution in [0.1, 0.15) is 22.7 Å². The highest BCUT2D eigenvalue weighted by molar-refractivity contribution is 5.92. The molecule has 100 valence electrons. The van der Waals surface area contributed by atoms with Crippen LogP contribution in [0.3, 0.4) is 0 Å². The molecule has 7 heteroatoms. The molecule has 3 N–H and O–H groups in total. The van der Waals surface area contributed by atoms with Gasteiger partial charge < -0.3 is 10.6 Å². The first-order valence-corrected chi connectivity index (χ1v) is 6.06. The van der Waals surface area contributed by atoms with Gasteiger partial charge in [0.05, 0.1) is 0 Å². The van der Waals surface area contributed by atoms with E-state index in [9.17, 15) is 4.79 Å². The van der Waals surface area contributed by atoms with E-state index in [1.807, 2.05) is 6.07 Å². The van der Waals surface area contributed by atoms with Crippen LogP contribution in [0.15, 0.2) is 24.7 Å². The van der Waals surface area contributed by atoms with Gasteiger partial charge in [-0.3, -0.25) is 14.9 Å². The lowest BCUT2D eigenvalue weighted by atomic mass is 10.2. The zero-order valence-electron chi connectivity index (χ0n) is 10.7. The van der Waals surface area contributed by atoms with E-state index in [1.165, 1.54) is 6.33 Å². The van der Waals surface area contributed by atoms with Crippen molar-refractivity contribution in [2.45, 2.75) is 12.8 Å². The number of nitrogens with one attached hydrogen (secondary N) is 3. The summed E-state index contributed by atoms with van der Waals surface area (Å²) in [6.45, 7) is 0.790. The van der Waals surface area contributed by atoms with Crippen molar-refractivity contribution in [1.82, 2.24) is 25.5 Å². The molecule has 7 nitrogen and oxygen atoms in total. The topological polar surface area (TPSA) is 95.6 Å². The molecule has 0 aromatic carbocycles. The number of nitrogens with zero attached hydrogens (tertiary/aromatic N) is 3. The third kappa shape index (κ3) is 3.77. The summed E-state index contributed by atoms with van der Waals surface area (Å²) in [4.78, 5) is 19.5. The van der Waals surface area contributed by atoms with Gasteiger partial charge in [0.15, 0.2) is 0 Å². The summed E-state index contributed by atoms with van der Waals surface area (Å²) in [5.41, 5.74) is 1.29. The van der Waals surface area contributed by atoms with Gasteiger partial charge >= 0.3 is 0 Å². The van der Waals surface area contributed by atoms with Crippen molar-refractivity contribution in [1.29, 1.82) is 0 Å². The van der Waals surface area contributed by atoms with Crippen molar-refractivity contribution >= 4 is 11.6 Å². The predicted octanol–water partition coefficient (Wildman–Crippen LogP) is 0.604. The molecule has 0 aliphatic rings. The number of aromatic nitrogens is 4. The standard InChI is InChI=1S/C12H16N6O/c1-13-12(19)10-7-9(4-6-15-10)14-5-2-3-11-16-8-17-18-11/h4,6-8H,2-3,5H2,1H3,(H,13,19)(H,14,15)(H,16,17,18). The molecule has 2 aromatic heterocycles. The van der Waals surface area contributed by atoms with Crippen molar-refractivity contribution in [3.8, 4) is 0 Å². The number of pyridine rings is 1. The smallest absolute Gasteiger partial charge is 0.269 e. The summed E-state index contributed by atoms with van der Waals surface area (Å²) < 4.78 is 0. The molecule has 0 fully saturated rings. The molecule has 0 aliphatic carbocycles. The van der Waals surface area contributed by atoms with Crippen molar-refractivity contribution in [2.75, 3.05) is 18.9 Å². The Morgan fingerprint density at radius 1 is 1.42 bits per heavy atom. The van der Waals surface area contributed by atoms with Gasteiger partial charge in [-0.25, -0.2) is 4.98 Å². The summed E-state index contributed by atoms with van der Waals surface area (Å²) in [6, 6.07) is 3.56. The monoisotopic (exact) mass is 260 g/mol. The highest BCUT2D eigenvalue weighted by atomic mass is 16.1. The van der Waals surface area contributed by atoms with E-state index in [2.05, 4.69) is 30.8 Å². The van der Waals surface area contributed by atoms with Gasteiger partial charge in [-0.2, -0.15) is 5.10 Å². The number of anilines is 1. The van der Waals surface area contributed by atoms with Crippen molar-refractivity contribution in [3.05, 3.63) is 36.2 Å². The Bertz CT molecular complexity index is 525. The number of hydrogen-bond donors (Lipinski definition) is 3. The number of carbonyl (C=O) groups excluding carboxylic acids is 1. The lowest BCUT2D eigenvalue weighted by Crippen LogP contribution is -2.19. The second-order valence-corrected chi connectivity index (χ2v) is 3.97. The van der Waals surface area contributed by atoms with Gasteiger partial charge in [0, 0.05) is 31.9 Å². The first-order valence-electron chi connectivity index (χ1n) is 6.06. The average molecular weight is 260 g/mol. The summed E-state index contributed by atoms with van der Waals surface area (Å²) >= 11 is 0. The minimum Gasteiger partial charge on any atom is -0.385 e. The summed E-state index contributed by atoms with van der Waals surface area (Å²) in [7, 11) is 1.58. The average Bonchev–Trinajstić information content (AvgIpc) is 2.96. The molecule has 1 amide bonds. The number of aryl methyl sites for hydroxylation is 1. The molecule has 0 aliphatic heterocycles. The minimum absolute atomic E-state index is 0.190. The fourth-order valence-corrected chi connectivity index (χ4v) is 1.63. The van der Waals surface area contributed by atoms with Gasteiger partial charge in [-0.15, -0.1) is 0 Å². The number of rotatable bonds is 6. The SMILES string of the molecule is CNC(=O)c1cc(NCCCc2ncn[nH]2)ccn1. The largest absolute Gasteiger partial charge is 0.385 e. The molecule has 0 saturated carbocycles. The Labute approximate surface area is 110 Å². The third-order valence-corrected chi connectivity index (χ3v) is 2.60. The van der Waals surface area contributed by atoms with E-state index >= 15 is 0 Å². The maximum absolute atomic E-state index is 11.4. The lowest BCUT2D eigenvalue weighted by Gasteiger charge is -2.06. The zero-order chi connectivity index (χ0) is 13.5.